The lowest BCUT2D eigenvalue weighted by molar-refractivity contribution is 0.583. The molecule has 0 amide bonds. The summed E-state index contributed by atoms with van der Waals surface area (Å²) in [5.74, 6) is 1.98. The van der Waals surface area contributed by atoms with Crippen LogP contribution in [0.25, 0.3) is 11.1 Å². The van der Waals surface area contributed by atoms with Gasteiger partial charge in [0, 0.05) is 11.5 Å². The monoisotopic (exact) mass is 516 g/mol. The van der Waals surface area contributed by atoms with E-state index in [1.165, 1.54) is 43.5 Å². The van der Waals surface area contributed by atoms with Gasteiger partial charge in [0.15, 0.2) is 0 Å². The van der Waals surface area contributed by atoms with Gasteiger partial charge in [-0.15, -0.1) is 23.5 Å². The number of benzene rings is 4. The Morgan fingerprint density at radius 3 is 1.38 bits per heavy atom. The number of hydrogen-bond acceptors (Lipinski definition) is 4. The number of nitrogens with zero attached hydrogens (tertiary/aromatic N) is 2. The summed E-state index contributed by atoms with van der Waals surface area (Å²) in [5, 5.41) is 2.51. The molecular formula is C33H28N2S2. The van der Waals surface area contributed by atoms with Crippen LogP contribution in [0.3, 0.4) is 0 Å². The van der Waals surface area contributed by atoms with Crippen molar-refractivity contribution in [2.45, 2.75) is 24.9 Å². The van der Waals surface area contributed by atoms with Crippen molar-refractivity contribution < 1.29 is 0 Å². The molecule has 0 radical (unpaired) electrons. The van der Waals surface area contributed by atoms with E-state index in [4.69, 9.17) is 9.98 Å². The zero-order valence-corrected chi connectivity index (χ0v) is 22.2. The molecule has 0 saturated heterocycles. The predicted molar refractivity (Wildman–Crippen MR) is 160 cm³/mol. The Labute approximate surface area is 227 Å². The number of hydrogen-bond donors (Lipinski definition) is 0. The topological polar surface area (TPSA) is 24.7 Å². The number of aliphatic imine (C=N–C) groups is 2. The Kier molecular flexibility index (Phi) is 6.02. The number of rotatable bonds is 4. The van der Waals surface area contributed by atoms with Crippen molar-refractivity contribution in [3.8, 4) is 11.1 Å². The van der Waals surface area contributed by atoms with Crippen molar-refractivity contribution >= 4 is 33.6 Å². The van der Waals surface area contributed by atoms with Crippen LogP contribution in [-0.4, -0.2) is 21.6 Å². The van der Waals surface area contributed by atoms with Gasteiger partial charge in [-0.3, -0.25) is 9.98 Å². The van der Waals surface area contributed by atoms with Crippen molar-refractivity contribution in [3.63, 3.8) is 0 Å². The van der Waals surface area contributed by atoms with Crippen LogP contribution in [0.5, 0.6) is 0 Å². The summed E-state index contributed by atoms with van der Waals surface area (Å²) in [5.41, 5.74) is 7.86. The first-order chi connectivity index (χ1) is 18.3. The van der Waals surface area contributed by atoms with Crippen LogP contribution in [0, 0.1) is 5.41 Å². The van der Waals surface area contributed by atoms with E-state index in [0.717, 1.165) is 24.3 Å². The number of thioether (sulfide) groups is 2. The van der Waals surface area contributed by atoms with Gasteiger partial charge in [-0.2, -0.15) is 0 Å². The predicted octanol–water partition coefficient (Wildman–Crippen LogP) is 8.21. The molecule has 2 heterocycles. The molecule has 0 aromatic heterocycles. The Hall–Kier alpha value is -3.08. The Morgan fingerprint density at radius 2 is 0.919 bits per heavy atom. The number of fused-ring (bicyclic) bond motifs is 3. The van der Waals surface area contributed by atoms with Gasteiger partial charge < -0.3 is 0 Å². The van der Waals surface area contributed by atoms with E-state index >= 15 is 0 Å². The van der Waals surface area contributed by atoms with E-state index in [0.29, 0.717) is 0 Å². The molecule has 2 nitrogen and oxygen atoms in total. The first kappa shape index (κ1) is 23.1. The van der Waals surface area contributed by atoms with Crippen LogP contribution in [0.15, 0.2) is 119 Å². The summed E-state index contributed by atoms with van der Waals surface area (Å²) < 4.78 is 0. The van der Waals surface area contributed by atoms with Gasteiger partial charge in [-0.05, 0) is 46.2 Å². The maximum Gasteiger partial charge on any atom is 0.0853 e. The largest absolute Gasteiger partial charge is 0.273 e. The van der Waals surface area contributed by atoms with Crippen LogP contribution >= 0.6 is 23.5 Å². The van der Waals surface area contributed by atoms with Gasteiger partial charge in [0.2, 0.25) is 0 Å². The van der Waals surface area contributed by atoms with Crippen LogP contribution in [0.4, 0.5) is 0 Å². The van der Waals surface area contributed by atoms with Crippen LogP contribution in [-0.2, 0) is 12.8 Å². The lowest BCUT2D eigenvalue weighted by Crippen LogP contribution is -2.39. The molecular weight excluding hydrogens is 489 g/mol. The second-order valence-corrected chi connectivity index (χ2v) is 12.1. The van der Waals surface area contributed by atoms with Crippen molar-refractivity contribution in [1.29, 1.82) is 0 Å². The minimum Gasteiger partial charge on any atom is -0.273 e. The summed E-state index contributed by atoms with van der Waals surface area (Å²) in [6.07, 6.45) is 1.86. The molecule has 0 spiro atoms. The lowest BCUT2D eigenvalue weighted by Gasteiger charge is -2.33. The maximum absolute atomic E-state index is 5.47. The van der Waals surface area contributed by atoms with Gasteiger partial charge in [0.25, 0.3) is 0 Å². The Morgan fingerprint density at radius 1 is 0.514 bits per heavy atom. The maximum atomic E-state index is 5.47. The zero-order chi connectivity index (χ0) is 24.7. The summed E-state index contributed by atoms with van der Waals surface area (Å²) in [4.78, 5) is 10.9. The molecule has 2 aliphatic heterocycles. The smallest absolute Gasteiger partial charge is 0.0853 e. The molecule has 1 aliphatic carbocycles. The van der Waals surface area contributed by atoms with Crippen LogP contribution < -0.4 is 0 Å². The SMILES string of the molecule is c1ccc(C2CSC(C3(C4=NC(c5ccccc5)CS4)Cc4ccccc4-c4ccccc4C3)=N2)cc1. The van der Waals surface area contributed by atoms with Crippen molar-refractivity contribution in [3.05, 3.63) is 131 Å². The van der Waals surface area contributed by atoms with Gasteiger partial charge in [-0.1, -0.05) is 109 Å². The highest BCUT2D eigenvalue weighted by molar-refractivity contribution is 8.16. The molecule has 4 aromatic rings. The fraction of sp³-hybridized carbons (Fsp3) is 0.212. The summed E-state index contributed by atoms with van der Waals surface area (Å²) in [6, 6.07) is 39.9. The van der Waals surface area contributed by atoms with Crippen LogP contribution in [0.2, 0.25) is 0 Å². The Bertz CT molecular complexity index is 1380. The van der Waals surface area contributed by atoms with E-state index in [1.54, 1.807) is 0 Å². The first-order valence-electron chi connectivity index (χ1n) is 13.0. The highest BCUT2D eigenvalue weighted by Crippen LogP contribution is 2.51. The summed E-state index contributed by atoms with van der Waals surface area (Å²) in [6.45, 7) is 0. The average Bonchev–Trinajstić information content (AvgIpc) is 3.63. The quantitative estimate of drug-likeness (QED) is 0.273. The lowest BCUT2D eigenvalue weighted by atomic mass is 9.79. The van der Waals surface area contributed by atoms with Crippen LogP contribution in [0.1, 0.15) is 34.3 Å². The molecule has 0 bridgehead atoms. The minimum atomic E-state index is -0.245. The highest BCUT2D eigenvalue weighted by Gasteiger charge is 2.48. The normalized spacial score (nSPS) is 21.9. The zero-order valence-electron chi connectivity index (χ0n) is 20.6. The van der Waals surface area contributed by atoms with Gasteiger partial charge in [0.05, 0.1) is 27.6 Å². The molecule has 4 heteroatoms. The molecule has 0 N–H and O–H groups in total. The van der Waals surface area contributed by atoms with Crippen molar-refractivity contribution in [1.82, 2.24) is 0 Å². The summed E-state index contributed by atoms with van der Waals surface area (Å²) >= 11 is 3.90. The molecule has 182 valence electrons. The fourth-order valence-corrected chi connectivity index (χ4v) is 8.61. The third-order valence-corrected chi connectivity index (χ3v) is 10.3. The molecule has 4 aromatic carbocycles. The second-order valence-electron chi connectivity index (χ2n) is 10.1. The van der Waals surface area contributed by atoms with Gasteiger partial charge in [0.1, 0.15) is 0 Å². The highest BCUT2D eigenvalue weighted by atomic mass is 32.2. The molecule has 37 heavy (non-hydrogen) atoms. The van der Waals surface area contributed by atoms with Crippen molar-refractivity contribution in [2.75, 3.05) is 11.5 Å². The van der Waals surface area contributed by atoms with E-state index in [1.807, 2.05) is 23.5 Å². The third-order valence-electron chi connectivity index (χ3n) is 7.80. The summed E-state index contributed by atoms with van der Waals surface area (Å²) in [7, 11) is 0. The first-order valence-corrected chi connectivity index (χ1v) is 15.0. The molecule has 2 unspecified atom stereocenters. The average molecular weight is 517 g/mol. The minimum absolute atomic E-state index is 0.198. The molecule has 7 rings (SSSR count). The van der Waals surface area contributed by atoms with E-state index < -0.39 is 0 Å². The van der Waals surface area contributed by atoms with E-state index in [9.17, 15) is 0 Å². The van der Waals surface area contributed by atoms with Gasteiger partial charge in [-0.25, -0.2) is 0 Å². The fourth-order valence-electron chi connectivity index (χ4n) is 5.94. The Balaban J connectivity index is 1.40. The standard InChI is InChI=1S/C33H28N2S2/c1-3-11-23(12-4-1)29-21-36-31(34-29)33(32-35-30(22-37-32)24-13-5-2-6-14-24)19-25-15-7-9-17-27(25)28-18-10-8-16-26(28)20-33/h1-18,29-30H,19-22H2. The third kappa shape index (κ3) is 4.17. The molecule has 0 saturated carbocycles. The van der Waals surface area contributed by atoms with Gasteiger partial charge >= 0.3 is 0 Å². The second kappa shape index (κ2) is 9.66. The van der Waals surface area contributed by atoms with E-state index in [-0.39, 0.29) is 17.5 Å². The molecule has 0 fully saturated rings. The molecule has 3 aliphatic rings. The van der Waals surface area contributed by atoms with Crippen molar-refractivity contribution in [2.24, 2.45) is 15.4 Å². The van der Waals surface area contributed by atoms with E-state index in [2.05, 4.69) is 109 Å². The molecule has 2 atom stereocenters.